The summed E-state index contributed by atoms with van der Waals surface area (Å²) in [5.74, 6) is 0.276. The number of rotatable bonds is 7. The third-order valence-corrected chi connectivity index (χ3v) is 12.0. The van der Waals surface area contributed by atoms with Gasteiger partial charge in [0.1, 0.15) is 0 Å². The highest BCUT2D eigenvalue weighted by Gasteiger charge is 2.29. The fourth-order valence-electron chi connectivity index (χ4n) is 9.41. The molecule has 0 aliphatic carbocycles. The van der Waals surface area contributed by atoms with Crippen molar-refractivity contribution in [1.82, 2.24) is 18.7 Å². The highest BCUT2D eigenvalue weighted by atomic mass is 15.1. The molecular weight excluding hydrogens is 645 g/mol. The molecule has 53 heavy (non-hydrogen) atoms. The Kier molecular flexibility index (Phi) is 7.13. The summed E-state index contributed by atoms with van der Waals surface area (Å²) in [6.07, 6.45) is 4.80. The molecular formula is C49H42N4. The van der Waals surface area contributed by atoms with E-state index in [1.54, 1.807) is 0 Å². The first-order chi connectivity index (χ1) is 26.0. The van der Waals surface area contributed by atoms with Gasteiger partial charge >= 0.3 is 0 Å². The van der Waals surface area contributed by atoms with E-state index < -0.39 is 0 Å². The summed E-state index contributed by atoms with van der Waals surface area (Å²) in [5, 5.41) is 7.77. The van der Waals surface area contributed by atoms with Gasteiger partial charge in [0.25, 0.3) is 0 Å². The molecule has 10 rings (SSSR count). The van der Waals surface area contributed by atoms with Crippen LogP contribution in [0, 0.1) is 0 Å². The van der Waals surface area contributed by atoms with Gasteiger partial charge in [0, 0.05) is 72.5 Å². The van der Waals surface area contributed by atoms with E-state index in [9.17, 15) is 0 Å². The molecule has 0 saturated carbocycles. The van der Waals surface area contributed by atoms with Crippen LogP contribution in [0.5, 0.6) is 0 Å². The first kappa shape index (κ1) is 31.6. The first-order valence-electron chi connectivity index (χ1n) is 18.9. The Hall–Kier alpha value is -6.13. The van der Waals surface area contributed by atoms with Gasteiger partial charge in [-0.15, -0.1) is 0 Å². The molecule has 4 heterocycles. The molecule has 0 saturated heterocycles. The summed E-state index contributed by atoms with van der Waals surface area (Å²) in [7, 11) is 0. The molecule has 2 atom stereocenters. The van der Waals surface area contributed by atoms with Crippen LogP contribution in [0.4, 0.5) is 0 Å². The van der Waals surface area contributed by atoms with E-state index in [0.717, 1.165) is 12.1 Å². The molecule has 0 aliphatic heterocycles. The molecule has 10 aromatic rings. The van der Waals surface area contributed by atoms with Crippen molar-refractivity contribution in [2.24, 2.45) is 0 Å². The smallest absolute Gasteiger partial charge is 0.0647 e. The number of hydrogen-bond donors (Lipinski definition) is 0. The molecule has 2 unspecified atom stereocenters. The van der Waals surface area contributed by atoms with Crippen LogP contribution in [0.2, 0.25) is 0 Å². The van der Waals surface area contributed by atoms with Crippen LogP contribution < -0.4 is 0 Å². The molecule has 258 valence electrons. The van der Waals surface area contributed by atoms with Crippen molar-refractivity contribution in [3.63, 3.8) is 0 Å². The van der Waals surface area contributed by atoms with E-state index in [0.29, 0.717) is 0 Å². The Morgan fingerprint density at radius 3 is 1.72 bits per heavy atom. The summed E-state index contributed by atoms with van der Waals surface area (Å²) in [6.45, 7) is 9.49. The Balaban J connectivity index is 1.11. The van der Waals surface area contributed by atoms with E-state index in [1.807, 2.05) is 18.5 Å². The second-order valence-corrected chi connectivity index (χ2v) is 15.2. The largest absolute Gasteiger partial charge is 0.337 e. The van der Waals surface area contributed by atoms with E-state index in [-0.39, 0.29) is 17.5 Å². The molecule has 0 spiro atoms. The average molecular weight is 687 g/mol. The molecule has 4 nitrogen and oxygen atoms in total. The minimum Gasteiger partial charge on any atom is -0.337 e. The minimum atomic E-state index is -0.290. The fourth-order valence-corrected chi connectivity index (χ4v) is 9.41. The number of nitrogens with zero attached hydrogens (tertiary/aromatic N) is 4. The number of aromatic nitrogens is 4. The van der Waals surface area contributed by atoms with Gasteiger partial charge in [0.15, 0.2) is 0 Å². The molecule has 0 fully saturated rings. The Morgan fingerprint density at radius 2 is 1.08 bits per heavy atom. The lowest BCUT2D eigenvalue weighted by Gasteiger charge is -2.30. The molecule has 4 heteroatoms. The topological polar surface area (TPSA) is 27.7 Å². The number of benzene rings is 6. The van der Waals surface area contributed by atoms with Crippen LogP contribution in [0.3, 0.4) is 0 Å². The number of para-hydroxylation sites is 4. The third kappa shape index (κ3) is 4.64. The Labute approximate surface area is 309 Å². The lowest BCUT2D eigenvalue weighted by atomic mass is 9.90. The van der Waals surface area contributed by atoms with Crippen LogP contribution >= 0.6 is 0 Å². The second-order valence-electron chi connectivity index (χ2n) is 15.2. The van der Waals surface area contributed by atoms with Crippen LogP contribution in [0.15, 0.2) is 158 Å². The lowest BCUT2D eigenvalue weighted by molar-refractivity contribution is 0.440. The predicted molar refractivity (Wildman–Crippen MR) is 224 cm³/mol. The SMILES string of the molecule is CCC(C(C)c1ccc2c(c1)c1ccccc1n2-c1cccnc1)n1c2ccccc2c2cc(C(C)(C)n3c4ccccc4c4ccccc43)ccc21. The normalized spacial score (nSPS) is 13.6. The zero-order chi connectivity index (χ0) is 35.8. The minimum absolute atomic E-state index is 0.262. The van der Waals surface area contributed by atoms with Crippen molar-refractivity contribution in [1.29, 1.82) is 0 Å². The molecule has 0 aliphatic rings. The molecule has 0 N–H and O–H groups in total. The summed E-state index contributed by atoms with van der Waals surface area (Å²) in [5.41, 5.74) is 11.0. The van der Waals surface area contributed by atoms with Gasteiger partial charge in [-0.3, -0.25) is 4.98 Å². The second kappa shape index (κ2) is 12.0. The standard InChI is InChI=1S/C49H42N4/c1-5-42(32(2)33-24-26-45-40(29-33)38-18-6-10-20-43(38)51(45)35-15-14-28-50-31-35)52-44-21-11-7-19-39(44)41-30-34(25-27-46(41)52)49(3,4)53-47-22-12-8-16-36(47)37-17-9-13-23-48(37)53/h6-32,42H,5H2,1-4H3. The van der Waals surface area contributed by atoms with E-state index >= 15 is 0 Å². The van der Waals surface area contributed by atoms with Gasteiger partial charge < -0.3 is 13.7 Å². The lowest BCUT2D eigenvalue weighted by Crippen LogP contribution is -2.27. The Morgan fingerprint density at radius 1 is 0.547 bits per heavy atom. The van der Waals surface area contributed by atoms with Crippen molar-refractivity contribution < 1.29 is 0 Å². The van der Waals surface area contributed by atoms with Crippen LogP contribution in [-0.2, 0) is 5.54 Å². The maximum absolute atomic E-state index is 4.44. The van der Waals surface area contributed by atoms with E-state index in [2.05, 4.69) is 186 Å². The van der Waals surface area contributed by atoms with Gasteiger partial charge in [0.2, 0.25) is 0 Å². The van der Waals surface area contributed by atoms with Gasteiger partial charge in [0.05, 0.1) is 28.5 Å². The van der Waals surface area contributed by atoms with E-state index in [1.165, 1.54) is 76.5 Å². The predicted octanol–water partition coefficient (Wildman–Crippen LogP) is 12.9. The average Bonchev–Trinajstić information content (AvgIpc) is 3.84. The highest BCUT2D eigenvalue weighted by molar-refractivity contribution is 6.11. The molecule has 4 aromatic heterocycles. The zero-order valence-corrected chi connectivity index (χ0v) is 30.7. The van der Waals surface area contributed by atoms with Gasteiger partial charge in [-0.25, -0.2) is 0 Å². The first-order valence-corrected chi connectivity index (χ1v) is 18.9. The van der Waals surface area contributed by atoms with Crippen LogP contribution in [0.25, 0.3) is 71.1 Å². The monoisotopic (exact) mass is 686 g/mol. The summed E-state index contributed by atoms with van der Waals surface area (Å²) < 4.78 is 7.51. The molecule has 0 radical (unpaired) electrons. The maximum atomic E-state index is 4.44. The quantitative estimate of drug-likeness (QED) is 0.164. The van der Waals surface area contributed by atoms with E-state index in [4.69, 9.17) is 0 Å². The molecule has 0 bridgehead atoms. The number of fused-ring (bicyclic) bond motifs is 9. The van der Waals surface area contributed by atoms with Crippen LogP contribution in [-0.4, -0.2) is 18.7 Å². The molecule has 0 amide bonds. The number of hydrogen-bond acceptors (Lipinski definition) is 1. The van der Waals surface area contributed by atoms with Gasteiger partial charge in [-0.05, 0) is 92.1 Å². The molecule has 6 aromatic carbocycles. The third-order valence-electron chi connectivity index (χ3n) is 12.0. The summed E-state index contributed by atoms with van der Waals surface area (Å²) in [6, 6.07) is 54.2. The van der Waals surface area contributed by atoms with Gasteiger partial charge in [-0.1, -0.05) is 98.8 Å². The fraction of sp³-hybridized carbons (Fsp3) is 0.163. The van der Waals surface area contributed by atoms with Crippen molar-refractivity contribution >= 4 is 65.4 Å². The maximum Gasteiger partial charge on any atom is 0.0647 e. The van der Waals surface area contributed by atoms with Gasteiger partial charge in [-0.2, -0.15) is 0 Å². The van der Waals surface area contributed by atoms with Crippen LogP contribution in [0.1, 0.15) is 57.2 Å². The highest BCUT2D eigenvalue weighted by Crippen LogP contribution is 2.43. The zero-order valence-electron chi connectivity index (χ0n) is 30.7. The van der Waals surface area contributed by atoms with Crippen molar-refractivity contribution in [3.05, 3.63) is 169 Å². The number of pyridine rings is 1. The summed E-state index contributed by atoms with van der Waals surface area (Å²) >= 11 is 0. The summed E-state index contributed by atoms with van der Waals surface area (Å²) in [4.78, 5) is 4.44. The van der Waals surface area contributed by atoms with Crippen molar-refractivity contribution in [3.8, 4) is 5.69 Å². The van der Waals surface area contributed by atoms with Crippen molar-refractivity contribution in [2.45, 2.75) is 51.6 Å². The Bertz CT molecular complexity index is 2940. The van der Waals surface area contributed by atoms with Crippen molar-refractivity contribution in [2.75, 3.05) is 0 Å².